The van der Waals surface area contributed by atoms with Crippen molar-refractivity contribution >= 4 is 33.4 Å². The standard InChI is InChI=1S/C27H32N4O5S2/c1-19-24(25(33)29-38(35,36)30(2)3)28-23(37-19)18-31(17-7-10-20-8-5-4-6-9-20)26(34)27(15-16-27)21-11-13-22(32)14-12-21/h4-6,8-9,11-14,32H,7,10,15-18H2,1-3H3,(H,29,33). The van der Waals surface area contributed by atoms with Gasteiger partial charge < -0.3 is 10.0 Å². The molecule has 1 saturated carbocycles. The van der Waals surface area contributed by atoms with Crippen LogP contribution in [0.5, 0.6) is 5.75 Å². The van der Waals surface area contributed by atoms with Gasteiger partial charge in [0, 0.05) is 25.5 Å². The average molecular weight is 557 g/mol. The minimum absolute atomic E-state index is 0.00899. The summed E-state index contributed by atoms with van der Waals surface area (Å²) in [6.45, 7) is 2.42. The minimum Gasteiger partial charge on any atom is -0.508 e. The van der Waals surface area contributed by atoms with E-state index in [0.717, 1.165) is 35.6 Å². The number of aromatic hydroxyl groups is 1. The maximum Gasteiger partial charge on any atom is 0.303 e. The molecule has 0 aliphatic heterocycles. The van der Waals surface area contributed by atoms with Gasteiger partial charge in [-0.1, -0.05) is 42.5 Å². The second-order valence-corrected chi connectivity index (χ2v) is 12.8. The van der Waals surface area contributed by atoms with Gasteiger partial charge in [-0.2, -0.15) is 12.7 Å². The molecule has 2 amide bonds. The van der Waals surface area contributed by atoms with Crippen LogP contribution in [0.2, 0.25) is 0 Å². The zero-order chi connectivity index (χ0) is 27.5. The maximum atomic E-state index is 13.9. The highest BCUT2D eigenvalue weighted by atomic mass is 32.2. The molecule has 1 aromatic heterocycles. The average Bonchev–Trinajstić information content (AvgIpc) is 3.60. The van der Waals surface area contributed by atoms with Crippen LogP contribution in [0.25, 0.3) is 0 Å². The summed E-state index contributed by atoms with van der Waals surface area (Å²) in [7, 11) is -1.30. The van der Waals surface area contributed by atoms with Gasteiger partial charge in [-0.25, -0.2) is 9.71 Å². The van der Waals surface area contributed by atoms with Gasteiger partial charge in [0.25, 0.3) is 5.91 Å². The third kappa shape index (κ3) is 6.23. The van der Waals surface area contributed by atoms with Gasteiger partial charge in [-0.3, -0.25) is 9.59 Å². The van der Waals surface area contributed by atoms with Crippen LogP contribution >= 0.6 is 11.3 Å². The second-order valence-electron chi connectivity index (χ2n) is 9.68. The van der Waals surface area contributed by atoms with Crippen molar-refractivity contribution < 1.29 is 23.1 Å². The Morgan fingerprint density at radius 2 is 1.74 bits per heavy atom. The Balaban J connectivity index is 1.55. The molecule has 1 aliphatic carbocycles. The molecule has 0 bridgehead atoms. The summed E-state index contributed by atoms with van der Waals surface area (Å²) in [6.07, 6.45) is 3.00. The smallest absolute Gasteiger partial charge is 0.303 e. The number of carbonyl (C=O) groups is 2. The van der Waals surface area contributed by atoms with Crippen molar-refractivity contribution in [3.8, 4) is 5.75 Å². The highest BCUT2D eigenvalue weighted by Gasteiger charge is 2.53. The van der Waals surface area contributed by atoms with Crippen molar-refractivity contribution in [2.45, 2.75) is 44.6 Å². The number of phenols is 1. The molecule has 0 atom stereocenters. The van der Waals surface area contributed by atoms with Crippen LogP contribution in [0.15, 0.2) is 54.6 Å². The molecule has 2 N–H and O–H groups in total. The van der Waals surface area contributed by atoms with Crippen LogP contribution in [0, 0.1) is 6.92 Å². The van der Waals surface area contributed by atoms with E-state index in [1.807, 2.05) is 22.9 Å². The molecule has 2 aromatic carbocycles. The lowest BCUT2D eigenvalue weighted by atomic mass is 9.94. The molecule has 1 aliphatic rings. The molecule has 11 heteroatoms. The van der Waals surface area contributed by atoms with Crippen LogP contribution in [0.1, 0.15) is 50.8 Å². The lowest BCUT2D eigenvalue weighted by Crippen LogP contribution is -2.40. The number of hydrogen-bond donors (Lipinski definition) is 2. The summed E-state index contributed by atoms with van der Waals surface area (Å²) in [4.78, 5) is 33.4. The highest BCUT2D eigenvalue weighted by Crippen LogP contribution is 2.50. The zero-order valence-corrected chi connectivity index (χ0v) is 23.3. The van der Waals surface area contributed by atoms with Gasteiger partial charge in [0.2, 0.25) is 5.91 Å². The first-order valence-electron chi connectivity index (χ1n) is 12.4. The number of aromatic nitrogens is 1. The zero-order valence-electron chi connectivity index (χ0n) is 21.7. The number of aryl methyl sites for hydroxylation is 2. The van der Waals surface area contributed by atoms with E-state index < -0.39 is 21.5 Å². The van der Waals surface area contributed by atoms with Crippen molar-refractivity contribution in [2.75, 3.05) is 20.6 Å². The minimum atomic E-state index is -3.96. The fourth-order valence-corrected chi connectivity index (χ4v) is 5.81. The Morgan fingerprint density at radius 1 is 1.08 bits per heavy atom. The lowest BCUT2D eigenvalue weighted by Gasteiger charge is -2.27. The van der Waals surface area contributed by atoms with E-state index in [1.54, 1.807) is 36.1 Å². The summed E-state index contributed by atoms with van der Waals surface area (Å²) < 4.78 is 27.2. The fourth-order valence-electron chi connectivity index (χ4n) is 4.35. The topological polar surface area (TPSA) is 120 Å². The van der Waals surface area contributed by atoms with Crippen LogP contribution in [0.3, 0.4) is 0 Å². The van der Waals surface area contributed by atoms with Gasteiger partial charge in [0.15, 0.2) is 0 Å². The molecule has 0 unspecified atom stereocenters. The Bertz CT molecular complexity index is 1400. The van der Waals surface area contributed by atoms with Crippen LogP contribution in [0.4, 0.5) is 0 Å². The van der Waals surface area contributed by atoms with Gasteiger partial charge >= 0.3 is 10.2 Å². The van der Waals surface area contributed by atoms with E-state index in [9.17, 15) is 23.1 Å². The Morgan fingerprint density at radius 3 is 2.34 bits per heavy atom. The van der Waals surface area contributed by atoms with E-state index >= 15 is 0 Å². The summed E-state index contributed by atoms with van der Waals surface area (Å²) in [6, 6.07) is 16.8. The summed E-state index contributed by atoms with van der Waals surface area (Å²) in [5.74, 6) is -0.661. The normalized spacial score (nSPS) is 14.3. The molecule has 202 valence electrons. The predicted molar refractivity (Wildman–Crippen MR) is 146 cm³/mol. The molecule has 9 nitrogen and oxygen atoms in total. The van der Waals surface area contributed by atoms with Crippen molar-refractivity contribution in [3.05, 3.63) is 81.3 Å². The van der Waals surface area contributed by atoms with Gasteiger partial charge in [-0.05, 0) is 55.9 Å². The Hall–Kier alpha value is -3.28. The molecule has 0 radical (unpaired) electrons. The van der Waals surface area contributed by atoms with Gasteiger partial charge in [0.1, 0.15) is 16.5 Å². The largest absolute Gasteiger partial charge is 0.508 e. The van der Waals surface area contributed by atoms with E-state index in [2.05, 4.69) is 17.1 Å². The Labute approximate surface area is 227 Å². The summed E-state index contributed by atoms with van der Waals surface area (Å²) in [5, 5.41) is 10.3. The van der Waals surface area contributed by atoms with E-state index in [4.69, 9.17) is 0 Å². The first-order chi connectivity index (χ1) is 18.0. The number of amides is 2. The number of thiazole rings is 1. The van der Waals surface area contributed by atoms with E-state index in [-0.39, 0.29) is 23.9 Å². The number of phenolic OH excluding ortho intramolecular Hbond substituents is 1. The van der Waals surface area contributed by atoms with Crippen molar-refractivity contribution in [1.82, 2.24) is 18.9 Å². The summed E-state index contributed by atoms with van der Waals surface area (Å²) in [5.41, 5.74) is 1.46. The number of nitrogens with zero attached hydrogens (tertiary/aromatic N) is 3. The number of carbonyl (C=O) groups excluding carboxylic acids is 2. The van der Waals surface area contributed by atoms with Crippen molar-refractivity contribution in [2.24, 2.45) is 0 Å². The SMILES string of the molecule is Cc1sc(CN(CCCc2ccccc2)C(=O)C2(c3ccc(O)cc3)CC2)nc1C(=O)NS(=O)(=O)N(C)C. The number of nitrogens with one attached hydrogen (secondary N) is 1. The molecule has 4 rings (SSSR count). The fraction of sp³-hybridized carbons (Fsp3) is 0.370. The maximum absolute atomic E-state index is 13.9. The lowest BCUT2D eigenvalue weighted by molar-refractivity contribution is -0.134. The highest BCUT2D eigenvalue weighted by molar-refractivity contribution is 7.87. The quantitative estimate of drug-likeness (QED) is 0.374. The summed E-state index contributed by atoms with van der Waals surface area (Å²) >= 11 is 1.27. The monoisotopic (exact) mass is 556 g/mol. The van der Waals surface area contributed by atoms with Crippen LogP contribution in [-0.2, 0) is 33.4 Å². The molecule has 38 heavy (non-hydrogen) atoms. The number of benzene rings is 2. The van der Waals surface area contributed by atoms with E-state index in [0.29, 0.717) is 16.4 Å². The Kier molecular flexibility index (Phi) is 8.19. The van der Waals surface area contributed by atoms with Crippen molar-refractivity contribution in [3.63, 3.8) is 0 Å². The second kappa shape index (κ2) is 11.2. The van der Waals surface area contributed by atoms with Crippen LogP contribution < -0.4 is 4.72 Å². The molecule has 3 aromatic rings. The van der Waals surface area contributed by atoms with Gasteiger partial charge in [-0.15, -0.1) is 11.3 Å². The van der Waals surface area contributed by atoms with Crippen LogP contribution in [-0.4, -0.2) is 60.2 Å². The number of rotatable bonds is 11. The molecular weight excluding hydrogens is 524 g/mol. The molecular formula is C27H32N4O5S2. The molecule has 1 heterocycles. The first kappa shape index (κ1) is 27.7. The molecule has 1 fully saturated rings. The first-order valence-corrected chi connectivity index (χ1v) is 14.6. The predicted octanol–water partition coefficient (Wildman–Crippen LogP) is 3.39. The van der Waals surface area contributed by atoms with Gasteiger partial charge in [0.05, 0.1) is 12.0 Å². The van der Waals surface area contributed by atoms with Crippen molar-refractivity contribution in [1.29, 1.82) is 0 Å². The molecule has 0 spiro atoms. The molecule has 0 saturated heterocycles. The third-order valence-electron chi connectivity index (χ3n) is 6.69. The third-order valence-corrected chi connectivity index (χ3v) is 9.05. The van der Waals surface area contributed by atoms with E-state index in [1.165, 1.54) is 31.0 Å². The number of hydrogen-bond acceptors (Lipinski definition) is 7.